The third-order valence-electron chi connectivity index (χ3n) is 4.82. The summed E-state index contributed by atoms with van der Waals surface area (Å²) in [4.78, 5) is 20.1. The molecule has 0 aromatic carbocycles. The van der Waals surface area contributed by atoms with Crippen LogP contribution in [0.3, 0.4) is 0 Å². The summed E-state index contributed by atoms with van der Waals surface area (Å²) in [6.45, 7) is 1.93. The minimum atomic E-state index is 0. The van der Waals surface area contributed by atoms with E-state index in [0.717, 1.165) is 32.4 Å². The van der Waals surface area contributed by atoms with Crippen LogP contribution in [0.15, 0.2) is 0 Å². The third kappa shape index (κ3) is 4.28. The molecule has 0 bridgehead atoms. The lowest BCUT2D eigenvalue weighted by Crippen LogP contribution is -2.35. The minimum absolute atomic E-state index is 0. The van der Waals surface area contributed by atoms with Gasteiger partial charge in [0.1, 0.15) is 0 Å². The van der Waals surface area contributed by atoms with Crippen LogP contribution >= 0.6 is 23.7 Å². The number of hydrogen-bond donors (Lipinski definition) is 0. The molecule has 0 fully saturated rings. The Labute approximate surface area is 150 Å². The van der Waals surface area contributed by atoms with Crippen molar-refractivity contribution < 1.29 is 4.79 Å². The first-order valence-corrected chi connectivity index (χ1v) is 9.57. The van der Waals surface area contributed by atoms with E-state index >= 15 is 0 Å². The molecular formula is C18H29ClN2OS. The zero-order valence-electron chi connectivity index (χ0n) is 14.4. The Hall–Kier alpha value is -0.580. The smallest absolute Gasteiger partial charge is 0.227 e. The number of aryl methyl sites for hydroxylation is 2. The van der Waals surface area contributed by atoms with E-state index < -0.39 is 0 Å². The van der Waals surface area contributed by atoms with E-state index in [9.17, 15) is 4.79 Å². The summed E-state index contributed by atoms with van der Waals surface area (Å²) in [6.07, 6.45) is 10.2. The van der Waals surface area contributed by atoms with Crippen LogP contribution in [0.4, 0.5) is 5.69 Å². The summed E-state index contributed by atoms with van der Waals surface area (Å²) in [5, 5.41) is 0. The molecule has 0 radical (unpaired) electrons. The van der Waals surface area contributed by atoms with Crippen LogP contribution in [-0.4, -0.2) is 38.0 Å². The number of fused-ring (bicyclic) bond motifs is 3. The lowest BCUT2D eigenvalue weighted by molar-refractivity contribution is -0.118. The normalized spacial score (nSPS) is 18.0. The SMILES string of the molecule is CN(C)CCCN1C(=O)CCCCc2sc3c(c21)CCCC3.Cl. The van der Waals surface area contributed by atoms with Crippen LogP contribution in [0.2, 0.25) is 0 Å². The van der Waals surface area contributed by atoms with Crippen LogP contribution in [0, 0.1) is 0 Å². The van der Waals surface area contributed by atoms with Crippen molar-refractivity contribution in [3.8, 4) is 0 Å². The second kappa shape index (κ2) is 8.50. The number of rotatable bonds is 4. The van der Waals surface area contributed by atoms with Crippen molar-refractivity contribution in [1.82, 2.24) is 4.90 Å². The maximum atomic E-state index is 12.7. The van der Waals surface area contributed by atoms with Crippen molar-refractivity contribution in [3.63, 3.8) is 0 Å². The molecule has 2 aliphatic rings. The Kier molecular flexibility index (Phi) is 6.93. The number of nitrogens with zero attached hydrogens (tertiary/aromatic N) is 2. The topological polar surface area (TPSA) is 23.6 Å². The molecule has 2 heterocycles. The molecule has 3 nitrogen and oxygen atoms in total. The summed E-state index contributed by atoms with van der Waals surface area (Å²) in [5.41, 5.74) is 2.86. The molecule has 5 heteroatoms. The van der Waals surface area contributed by atoms with E-state index in [0.29, 0.717) is 5.91 Å². The van der Waals surface area contributed by atoms with Crippen molar-refractivity contribution in [1.29, 1.82) is 0 Å². The molecule has 0 unspecified atom stereocenters. The lowest BCUT2D eigenvalue weighted by atomic mass is 9.95. The molecule has 1 amide bonds. The number of thiophene rings is 1. The van der Waals surface area contributed by atoms with Crippen LogP contribution in [0.1, 0.15) is 53.8 Å². The molecule has 23 heavy (non-hydrogen) atoms. The van der Waals surface area contributed by atoms with Crippen molar-refractivity contribution >= 4 is 35.3 Å². The van der Waals surface area contributed by atoms with Gasteiger partial charge in [-0.05, 0) is 77.6 Å². The minimum Gasteiger partial charge on any atom is -0.311 e. The van der Waals surface area contributed by atoms with Gasteiger partial charge in [0.2, 0.25) is 5.91 Å². The van der Waals surface area contributed by atoms with E-state index in [1.165, 1.54) is 54.7 Å². The maximum Gasteiger partial charge on any atom is 0.227 e. The average molecular weight is 357 g/mol. The second-order valence-corrected chi connectivity index (χ2v) is 8.08. The highest BCUT2D eigenvalue weighted by molar-refractivity contribution is 7.12. The Balaban J connectivity index is 0.00000192. The van der Waals surface area contributed by atoms with E-state index in [2.05, 4.69) is 23.9 Å². The number of hydrogen-bond acceptors (Lipinski definition) is 3. The van der Waals surface area contributed by atoms with Crippen LogP contribution < -0.4 is 4.90 Å². The summed E-state index contributed by atoms with van der Waals surface area (Å²) in [7, 11) is 4.21. The summed E-state index contributed by atoms with van der Waals surface area (Å²) in [6, 6.07) is 0. The first-order valence-electron chi connectivity index (χ1n) is 8.75. The summed E-state index contributed by atoms with van der Waals surface area (Å²) >= 11 is 2.00. The van der Waals surface area contributed by atoms with Gasteiger partial charge in [0.25, 0.3) is 0 Å². The molecule has 1 aromatic rings. The molecule has 130 valence electrons. The van der Waals surface area contributed by atoms with Crippen molar-refractivity contribution in [2.24, 2.45) is 0 Å². The van der Waals surface area contributed by atoms with Crippen LogP contribution in [-0.2, 0) is 24.1 Å². The second-order valence-electron chi connectivity index (χ2n) is 6.89. The van der Waals surface area contributed by atoms with Gasteiger partial charge < -0.3 is 9.80 Å². The predicted molar refractivity (Wildman–Crippen MR) is 101 cm³/mol. The van der Waals surface area contributed by atoms with Crippen molar-refractivity contribution in [3.05, 3.63) is 15.3 Å². The average Bonchev–Trinajstić information content (AvgIpc) is 2.84. The highest BCUT2D eigenvalue weighted by Crippen LogP contribution is 2.42. The van der Waals surface area contributed by atoms with Gasteiger partial charge in [-0.3, -0.25) is 4.79 Å². The Morgan fingerprint density at radius 2 is 1.65 bits per heavy atom. The predicted octanol–water partition coefficient (Wildman–Crippen LogP) is 4.06. The van der Waals surface area contributed by atoms with Gasteiger partial charge in [0.05, 0.1) is 5.69 Å². The van der Waals surface area contributed by atoms with Gasteiger partial charge in [0, 0.05) is 22.7 Å². The Morgan fingerprint density at radius 3 is 2.39 bits per heavy atom. The van der Waals surface area contributed by atoms with Crippen molar-refractivity contribution in [2.45, 2.75) is 57.8 Å². The number of anilines is 1. The zero-order valence-corrected chi connectivity index (χ0v) is 16.0. The number of halogens is 1. The highest BCUT2D eigenvalue weighted by Gasteiger charge is 2.28. The first-order chi connectivity index (χ1) is 10.7. The van der Waals surface area contributed by atoms with Gasteiger partial charge in [0.15, 0.2) is 0 Å². The molecule has 1 aliphatic carbocycles. The van der Waals surface area contributed by atoms with Gasteiger partial charge in [-0.1, -0.05) is 0 Å². The fourth-order valence-corrected chi connectivity index (χ4v) is 5.13. The monoisotopic (exact) mass is 356 g/mol. The van der Waals surface area contributed by atoms with E-state index in [1.807, 2.05) is 11.3 Å². The Morgan fingerprint density at radius 1 is 1.00 bits per heavy atom. The van der Waals surface area contributed by atoms with Crippen LogP contribution in [0.25, 0.3) is 0 Å². The van der Waals surface area contributed by atoms with Crippen LogP contribution in [0.5, 0.6) is 0 Å². The molecule has 0 saturated heterocycles. The van der Waals surface area contributed by atoms with Gasteiger partial charge in [-0.15, -0.1) is 23.7 Å². The lowest BCUT2D eigenvalue weighted by Gasteiger charge is -2.28. The standard InChI is InChI=1S/C18H28N2OS.ClH/c1-19(2)12-7-13-20-17(21)11-6-5-10-16-18(20)14-8-3-4-9-15(14)22-16;/h3-13H2,1-2H3;1H. The van der Waals surface area contributed by atoms with Gasteiger partial charge in [-0.25, -0.2) is 0 Å². The number of carbonyl (C=O) groups is 1. The molecule has 0 atom stereocenters. The quantitative estimate of drug-likeness (QED) is 0.812. The van der Waals surface area contributed by atoms with E-state index in [-0.39, 0.29) is 12.4 Å². The first kappa shape index (κ1) is 18.8. The molecule has 1 aromatic heterocycles. The largest absolute Gasteiger partial charge is 0.311 e. The number of amides is 1. The summed E-state index contributed by atoms with van der Waals surface area (Å²) in [5.74, 6) is 0.353. The molecule has 3 rings (SSSR count). The Bertz CT molecular complexity index is 541. The zero-order chi connectivity index (χ0) is 15.5. The van der Waals surface area contributed by atoms with E-state index in [1.54, 1.807) is 4.88 Å². The van der Waals surface area contributed by atoms with Gasteiger partial charge in [-0.2, -0.15) is 0 Å². The maximum absolute atomic E-state index is 12.7. The van der Waals surface area contributed by atoms with Gasteiger partial charge >= 0.3 is 0 Å². The fourth-order valence-electron chi connectivity index (χ4n) is 3.69. The molecular weight excluding hydrogens is 328 g/mol. The summed E-state index contributed by atoms with van der Waals surface area (Å²) < 4.78 is 0. The molecule has 0 spiro atoms. The highest BCUT2D eigenvalue weighted by atomic mass is 35.5. The van der Waals surface area contributed by atoms with E-state index in [4.69, 9.17) is 0 Å². The molecule has 0 saturated carbocycles. The number of carbonyl (C=O) groups excluding carboxylic acids is 1. The fraction of sp³-hybridized carbons (Fsp3) is 0.722. The van der Waals surface area contributed by atoms with Crippen molar-refractivity contribution in [2.75, 3.05) is 32.1 Å². The molecule has 0 N–H and O–H groups in total. The molecule has 1 aliphatic heterocycles. The third-order valence-corrected chi connectivity index (χ3v) is 6.16.